The van der Waals surface area contributed by atoms with E-state index >= 15 is 0 Å². The van der Waals surface area contributed by atoms with Gasteiger partial charge < -0.3 is 26.5 Å². The van der Waals surface area contributed by atoms with E-state index in [-0.39, 0.29) is 33.9 Å². The zero-order chi connectivity index (χ0) is 44.9. The average molecular weight is 1070 g/mol. The van der Waals surface area contributed by atoms with Crippen molar-refractivity contribution < 1.29 is 25.8 Å². The zero-order valence-corrected chi connectivity index (χ0v) is 41.4. The minimum Gasteiger partial charge on any atom is -0.509 e. The maximum absolute atomic E-state index is 6.92. The summed E-state index contributed by atoms with van der Waals surface area (Å²) >= 11 is 0. The molecule has 0 saturated carbocycles. The predicted octanol–water partition coefficient (Wildman–Crippen LogP) is 15.6. The third kappa shape index (κ3) is 8.57. The Labute approximate surface area is 414 Å². The Bertz CT molecular complexity index is 3360. The number of nitrogens with zero attached hydrogens (tertiary/aromatic N) is 5. The van der Waals surface area contributed by atoms with Crippen molar-refractivity contribution in [2.45, 2.75) is 34.6 Å². The Hall–Kier alpha value is -7.40. The smallest absolute Gasteiger partial charge is 0.217 e. The Morgan fingerprint density at radius 1 is 0.574 bits per heavy atom. The number of hydrogen-bond donors (Lipinski definition) is 0. The van der Waals surface area contributed by atoms with Gasteiger partial charge >= 0.3 is 0 Å². The largest absolute Gasteiger partial charge is 0.509 e. The van der Waals surface area contributed by atoms with Gasteiger partial charge in [-0.1, -0.05) is 159 Å². The second kappa shape index (κ2) is 18.7. The minimum atomic E-state index is -0.194. The van der Waals surface area contributed by atoms with Crippen LogP contribution in [0.25, 0.3) is 66.8 Å². The fourth-order valence-corrected chi connectivity index (χ4v) is 9.43. The maximum atomic E-state index is 6.92. The number of aromatic nitrogens is 3. The number of allylic oxidation sites excluding steroid dienone is 1. The van der Waals surface area contributed by atoms with E-state index in [1.165, 1.54) is 39.1 Å². The Morgan fingerprint density at radius 2 is 1.16 bits per heavy atom. The van der Waals surface area contributed by atoms with Gasteiger partial charge in [0.15, 0.2) is 0 Å². The zero-order valence-electron chi connectivity index (χ0n) is 39.1. The van der Waals surface area contributed by atoms with Gasteiger partial charge in [-0.15, -0.1) is 41.3 Å². The molecule has 0 bridgehead atoms. The molecule has 0 unspecified atom stereocenters. The Morgan fingerprint density at radius 3 is 1.78 bits per heavy atom. The van der Waals surface area contributed by atoms with Crippen molar-refractivity contribution in [2.24, 2.45) is 5.41 Å². The molecule has 7 heteroatoms. The van der Waals surface area contributed by atoms with Crippen molar-refractivity contribution in [1.82, 2.24) is 14.1 Å². The monoisotopic (exact) mass is 1070 g/mol. The molecule has 0 saturated heterocycles. The fourth-order valence-electron chi connectivity index (χ4n) is 9.43. The van der Waals surface area contributed by atoms with E-state index in [4.69, 9.17) is 9.72 Å². The molecule has 0 aliphatic carbocycles. The van der Waals surface area contributed by atoms with Crippen LogP contribution in [0.3, 0.4) is 0 Å². The molecule has 10 aromatic rings. The second-order valence-corrected chi connectivity index (χ2v) is 18.2. The van der Waals surface area contributed by atoms with E-state index in [0.717, 1.165) is 55.9 Å². The number of para-hydroxylation sites is 2. The van der Waals surface area contributed by atoms with E-state index < -0.39 is 0 Å². The molecular formula is C61H52N5OPt-3. The number of ether oxygens (including phenoxy) is 1. The SMILES string of the molecule is Cc1cccc(C)c1-n1ccnc1-n1c2[c-]c(Oc3[c-]c(N4CN(c5cc(-c6ccccc6)cc(-c6ccccc6)c5)C=C4C(C)(C)C)cc(-c4ccccc4)c3)ccc2c2ccccc21.[CH3-].[Pt]. The number of anilines is 2. The summed E-state index contributed by atoms with van der Waals surface area (Å²) in [5.41, 5.74) is 15.3. The van der Waals surface area contributed by atoms with Gasteiger partial charge in [0.25, 0.3) is 0 Å². The quantitative estimate of drug-likeness (QED) is 0.135. The molecule has 0 fully saturated rings. The number of hydrogen-bond acceptors (Lipinski definition) is 4. The molecule has 3 heterocycles. The van der Waals surface area contributed by atoms with Crippen molar-refractivity contribution in [2.75, 3.05) is 16.5 Å². The molecule has 8 aromatic carbocycles. The second-order valence-electron chi connectivity index (χ2n) is 18.2. The van der Waals surface area contributed by atoms with Crippen molar-refractivity contribution in [3.63, 3.8) is 0 Å². The summed E-state index contributed by atoms with van der Waals surface area (Å²) in [6.45, 7) is 11.7. The van der Waals surface area contributed by atoms with Gasteiger partial charge in [-0.3, -0.25) is 4.57 Å². The first kappa shape index (κ1) is 45.7. The number of rotatable bonds is 9. The molecule has 340 valence electrons. The Balaban J connectivity index is 0.00000289. The summed E-state index contributed by atoms with van der Waals surface area (Å²) in [4.78, 5) is 9.72. The molecule has 6 nitrogen and oxygen atoms in total. The Kier molecular flexibility index (Phi) is 12.6. The molecule has 0 atom stereocenters. The molecule has 0 radical (unpaired) electrons. The van der Waals surface area contributed by atoms with Crippen LogP contribution in [0.1, 0.15) is 31.9 Å². The number of fused-ring (bicyclic) bond motifs is 3. The van der Waals surface area contributed by atoms with E-state index in [2.05, 4.69) is 242 Å². The van der Waals surface area contributed by atoms with Crippen molar-refractivity contribution in [3.05, 3.63) is 231 Å². The summed E-state index contributed by atoms with van der Waals surface area (Å²) < 4.78 is 11.3. The maximum Gasteiger partial charge on any atom is 0.217 e. The van der Waals surface area contributed by atoms with Crippen LogP contribution in [0.15, 0.2) is 200 Å². The molecule has 1 aliphatic heterocycles. The van der Waals surface area contributed by atoms with Gasteiger partial charge in [0.1, 0.15) is 0 Å². The first-order valence-electron chi connectivity index (χ1n) is 22.6. The van der Waals surface area contributed by atoms with Crippen molar-refractivity contribution in [3.8, 4) is 56.5 Å². The number of benzene rings is 8. The van der Waals surface area contributed by atoms with Gasteiger partial charge in [-0.05, 0) is 82.4 Å². The van der Waals surface area contributed by atoms with Gasteiger partial charge in [0.2, 0.25) is 5.95 Å². The van der Waals surface area contributed by atoms with Crippen LogP contribution in [-0.4, -0.2) is 20.8 Å². The molecule has 0 N–H and O–H groups in total. The minimum absolute atomic E-state index is 0. The normalized spacial score (nSPS) is 12.5. The van der Waals surface area contributed by atoms with Crippen LogP contribution in [0, 0.1) is 38.8 Å². The summed E-state index contributed by atoms with van der Waals surface area (Å²) in [5.74, 6) is 1.98. The van der Waals surface area contributed by atoms with Crippen LogP contribution in [0.5, 0.6) is 11.5 Å². The molecule has 0 amide bonds. The van der Waals surface area contributed by atoms with Crippen LogP contribution in [-0.2, 0) is 21.1 Å². The van der Waals surface area contributed by atoms with Gasteiger partial charge in [0.05, 0.1) is 12.4 Å². The van der Waals surface area contributed by atoms with E-state index in [0.29, 0.717) is 18.2 Å². The third-order valence-electron chi connectivity index (χ3n) is 12.6. The van der Waals surface area contributed by atoms with Gasteiger partial charge in [0, 0.05) is 73.5 Å². The first-order valence-corrected chi connectivity index (χ1v) is 22.6. The van der Waals surface area contributed by atoms with Crippen LogP contribution >= 0.6 is 0 Å². The summed E-state index contributed by atoms with van der Waals surface area (Å²) in [6, 6.07) is 69.5. The van der Waals surface area contributed by atoms with E-state index in [9.17, 15) is 0 Å². The third-order valence-corrected chi connectivity index (χ3v) is 12.6. The fraction of sp³-hybridized carbons (Fsp3) is 0.115. The first-order chi connectivity index (χ1) is 32.2. The van der Waals surface area contributed by atoms with Crippen molar-refractivity contribution >= 4 is 33.2 Å². The summed E-state index contributed by atoms with van der Waals surface area (Å²) in [6.07, 6.45) is 6.22. The molecule has 2 aromatic heterocycles. The predicted molar refractivity (Wildman–Crippen MR) is 278 cm³/mol. The van der Waals surface area contributed by atoms with Crippen molar-refractivity contribution in [1.29, 1.82) is 0 Å². The molecule has 1 aliphatic rings. The van der Waals surface area contributed by atoms with Crippen LogP contribution in [0.4, 0.5) is 11.4 Å². The molecule has 0 spiro atoms. The number of aryl methyl sites for hydroxylation is 2. The molecule has 11 rings (SSSR count). The standard InChI is InChI=1S/C60H49N5O.CH3.Pt/c1-41-18-17-19-42(2)58(41)63-31-30-61-59(63)65-55-27-16-15-26-53(55)54-29-28-51(38-56(54)65)66-52-36-48(45-24-13-8-14-25-45)35-50(37-52)64-40-62(39-57(64)60(3,4)5)49-33-46(43-20-9-6-10-21-43)32-47(34-49)44-22-11-7-12-23-44;;/h6-36,39H,40H2,1-5H3;1H3;/q-2;-1;. The molecule has 68 heavy (non-hydrogen) atoms. The van der Waals surface area contributed by atoms with Gasteiger partial charge in [-0.2, -0.15) is 6.07 Å². The van der Waals surface area contributed by atoms with Crippen LogP contribution in [0.2, 0.25) is 0 Å². The van der Waals surface area contributed by atoms with Crippen LogP contribution < -0.4 is 14.5 Å². The topological polar surface area (TPSA) is 38.5 Å². The number of imidazole rings is 1. The van der Waals surface area contributed by atoms with E-state index in [1.807, 2.05) is 18.5 Å². The summed E-state index contributed by atoms with van der Waals surface area (Å²) in [5, 5.41) is 2.19. The summed E-state index contributed by atoms with van der Waals surface area (Å²) in [7, 11) is 0. The van der Waals surface area contributed by atoms with E-state index in [1.54, 1.807) is 0 Å². The average Bonchev–Trinajstić information content (AvgIpc) is 4.09. The molecular weight excluding hydrogens is 1010 g/mol. The van der Waals surface area contributed by atoms with Gasteiger partial charge in [-0.25, -0.2) is 4.98 Å².